The first kappa shape index (κ1) is 16.3. The molecule has 21 heavy (non-hydrogen) atoms. The Balaban J connectivity index is 2.03. The maximum atomic E-state index is 13.0. The number of benzene rings is 1. The highest BCUT2D eigenvalue weighted by Crippen LogP contribution is 2.44. The van der Waals surface area contributed by atoms with Gasteiger partial charge in [0.2, 0.25) is 0 Å². The molecular formula is C18H28FNO. The van der Waals surface area contributed by atoms with Crippen LogP contribution in [0.3, 0.4) is 0 Å². The van der Waals surface area contributed by atoms with E-state index < -0.39 is 0 Å². The van der Waals surface area contributed by atoms with Crippen molar-refractivity contribution in [1.82, 2.24) is 0 Å². The van der Waals surface area contributed by atoms with Crippen LogP contribution in [0.25, 0.3) is 0 Å². The molecule has 0 radical (unpaired) electrons. The third kappa shape index (κ3) is 3.76. The van der Waals surface area contributed by atoms with Crippen LogP contribution in [0.4, 0.5) is 10.1 Å². The smallest absolute Gasteiger partial charge is 0.123 e. The van der Waals surface area contributed by atoms with Crippen LogP contribution >= 0.6 is 0 Å². The first-order valence-corrected chi connectivity index (χ1v) is 8.05. The van der Waals surface area contributed by atoms with Crippen molar-refractivity contribution in [2.45, 2.75) is 58.4 Å². The van der Waals surface area contributed by atoms with E-state index in [4.69, 9.17) is 0 Å². The molecule has 118 valence electrons. The van der Waals surface area contributed by atoms with Crippen molar-refractivity contribution in [3.8, 4) is 0 Å². The monoisotopic (exact) mass is 293 g/mol. The number of aliphatic hydroxyl groups is 1. The molecule has 2 rings (SSSR count). The predicted molar refractivity (Wildman–Crippen MR) is 85.9 cm³/mol. The number of halogens is 1. The average Bonchev–Trinajstić information content (AvgIpc) is 2.50. The molecule has 0 atom stereocenters. The first-order chi connectivity index (χ1) is 9.91. The molecule has 0 bridgehead atoms. The lowest BCUT2D eigenvalue weighted by Crippen LogP contribution is -2.47. The predicted octanol–water partition coefficient (Wildman–Crippen LogP) is 4.60. The maximum absolute atomic E-state index is 13.0. The largest absolute Gasteiger partial charge is 0.394 e. The molecule has 1 saturated carbocycles. The van der Waals surface area contributed by atoms with Gasteiger partial charge in [-0.25, -0.2) is 4.39 Å². The number of rotatable bonds is 5. The quantitative estimate of drug-likeness (QED) is 0.832. The standard InChI is InChI=1S/C18H28FNO/c1-4-17(2,3)14-9-11-18(13-21,12-10-14)20-16-7-5-15(19)6-8-16/h5-8,14,20-21H,4,9-13H2,1-3H3. The number of anilines is 1. The molecule has 1 aliphatic carbocycles. The third-order valence-electron chi connectivity index (χ3n) is 5.52. The lowest BCUT2D eigenvalue weighted by Gasteiger charge is -2.45. The first-order valence-electron chi connectivity index (χ1n) is 8.05. The Morgan fingerprint density at radius 2 is 1.81 bits per heavy atom. The highest BCUT2D eigenvalue weighted by Gasteiger charge is 2.39. The van der Waals surface area contributed by atoms with E-state index in [0.717, 1.165) is 37.3 Å². The van der Waals surface area contributed by atoms with E-state index in [9.17, 15) is 9.50 Å². The summed E-state index contributed by atoms with van der Waals surface area (Å²) in [5.41, 5.74) is 1.01. The van der Waals surface area contributed by atoms with Crippen molar-refractivity contribution in [1.29, 1.82) is 0 Å². The SMILES string of the molecule is CCC(C)(C)C1CCC(CO)(Nc2ccc(F)cc2)CC1. The van der Waals surface area contributed by atoms with E-state index in [0.29, 0.717) is 5.41 Å². The summed E-state index contributed by atoms with van der Waals surface area (Å²) in [6, 6.07) is 6.40. The van der Waals surface area contributed by atoms with Crippen LogP contribution in [0.2, 0.25) is 0 Å². The summed E-state index contributed by atoms with van der Waals surface area (Å²) < 4.78 is 13.0. The Bertz CT molecular complexity index is 447. The normalized spacial score (nSPS) is 26.6. The minimum Gasteiger partial charge on any atom is -0.394 e. The van der Waals surface area contributed by atoms with Gasteiger partial charge in [-0.15, -0.1) is 0 Å². The lowest BCUT2D eigenvalue weighted by atomic mass is 9.65. The molecule has 3 heteroatoms. The zero-order valence-corrected chi connectivity index (χ0v) is 13.5. The van der Waals surface area contributed by atoms with Crippen molar-refractivity contribution in [2.24, 2.45) is 11.3 Å². The fourth-order valence-electron chi connectivity index (χ4n) is 3.40. The van der Waals surface area contributed by atoms with Crippen molar-refractivity contribution < 1.29 is 9.50 Å². The van der Waals surface area contributed by atoms with Gasteiger partial charge in [-0.1, -0.05) is 27.2 Å². The van der Waals surface area contributed by atoms with Crippen LogP contribution in [0, 0.1) is 17.2 Å². The van der Waals surface area contributed by atoms with Crippen LogP contribution in [-0.2, 0) is 0 Å². The molecule has 1 aliphatic rings. The van der Waals surface area contributed by atoms with E-state index in [-0.39, 0.29) is 18.0 Å². The van der Waals surface area contributed by atoms with Gasteiger partial charge in [0.25, 0.3) is 0 Å². The summed E-state index contributed by atoms with van der Waals surface area (Å²) in [6.07, 6.45) is 5.39. The van der Waals surface area contributed by atoms with Gasteiger partial charge in [-0.2, -0.15) is 0 Å². The van der Waals surface area contributed by atoms with E-state index in [1.165, 1.54) is 18.6 Å². The van der Waals surface area contributed by atoms with Gasteiger partial charge in [-0.3, -0.25) is 0 Å². The Morgan fingerprint density at radius 3 is 2.29 bits per heavy atom. The maximum Gasteiger partial charge on any atom is 0.123 e. The highest BCUT2D eigenvalue weighted by atomic mass is 19.1. The van der Waals surface area contributed by atoms with Gasteiger partial charge in [0.05, 0.1) is 12.1 Å². The van der Waals surface area contributed by atoms with Crippen molar-refractivity contribution in [2.75, 3.05) is 11.9 Å². The summed E-state index contributed by atoms with van der Waals surface area (Å²) in [7, 11) is 0. The Hall–Kier alpha value is -1.09. The van der Waals surface area contributed by atoms with Crippen LogP contribution in [0.5, 0.6) is 0 Å². The zero-order chi connectivity index (χ0) is 15.5. The van der Waals surface area contributed by atoms with Crippen molar-refractivity contribution in [3.05, 3.63) is 30.1 Å². The van der Waals surface area contributed by atoms with Gasteiger partial charge in [0.1, 0.15) is 5.82 Å². The van der Waals surface area contributed by atoms with Crippen LogP contribution in [0.15, 0.2) is 24.3 Å². The van der Waals surface area contributed by atoms with Crippen molar-refractivity contribution >= 4 is 5.69 Å². The van der Waals surface area contributed by atoms with Gasteiger partial charge in [0.15, 0.2) is 0 Å². The van der Waals surface area contributed by atoms with Crippen LogP contribution in [-0.4, -0.2) is 17.3 Å². The molecule has 1 aromatic rings. The fourth-order valence-corrected chi connectivity index (χ4v) is 3.40. The molecule has 0 aliphatic heterocycles. The summed E-state index contributed by atoms with van der Waals surface area (Å²) in [5.74, 6) is 0.490. The minimum absolute atomic E-state index is 0.129. The molecule has 0 saturated heterocycles. The molecule has 2 N–H and O–H groups in total. The van der Waals surface area contributed by atoms with Crippen LogP contribution < -0.4 is 5.32 Å². The van der Waals surface area contributed by atoms with Gasteiger partial charge in [-0.05, 0) is 61.3 Å². The fraction of sp³-hybridized carbons (Fsp3) is 0.667. The summed E-state index contributed by atoms with van der Waals surface area (Å²) >= 11 is 0. The second-order valence-corrected chi connectivity index (χ2v) is 7.19. The molecule has 0 spiro atoms. The molecule has 2 nitrogen and oxygen atoms in total. The highest BCUT2D eigenvalue weighted by molar-refractivity contribution is 5.45. The molecule has 0 amide bonds. The van der Waals surface area contributed by atoms with E-state index in [1.54, 1.807) is 12.1 Å². The topological polar surface area (TPSA) is 32.3 Å². The van der Waals surface area contributed by atoms with E-state index >= 15 is 0 Å². The Kier molecular flexibility index (Phi) is 4.92. The molecule has 0 unspecified atom stereocenters. The summed E-state index contributed by atoms with van der Waals surface area (Å²) in [5, 5.41) is 13.3. The molecule has 0 heterocycles. The van der Waals surface area contributed by atoms with E-state index in [1.807, 2.05) is 0 Å². The number of hydrogen-bond acceptors (Lipinski definition) is 2. The lowest BCUT2D eigenvalue weighted by molar-refractivity contribution is 0.0921. The van der Waals surface area contributed by atoms with Gasteiger partial charge < -0.3 is 10.4 Å². The second kappa shape index (κ2) is 6.35. The average molecular weight is 293 g/mol. The number of aliphatic hydroxyl groups excluding tert-OH is 1. The van der Waals surface area contributed by atoms with Gasteiger partial charge in [0, 0.05) is 5.69 Å². The van der Waals surface area contributed by atoms with Gasteiger partial charge >= 0.3 is 0 Å². The van der Waals surface area contributed by atoms with Crippen LogP contribution in [0.1, 0.15) is 52.9 Å². The Morgan fingerprint density at radius 1 is 1.24 bits per heavy atom. The minimum atomic E-state index is -0.252. The number of nitrogens with one attached hydrogen (secondary N) is 1. The summed E-state index contributed by atoms with van der Waals surface area (Å²) in [6.45, 7) is 7.07. The third-order valence-corrected chi connectivity index (χ3v) is 5.52. The number of hydrogen-bond donors (Lipinski definition) is 2. The van der Waals surface area contributed by atoms with E-state index in [2.05, 4.69) is 26.1 Å². The van der Waals surface area contributed by atoms with Crippen molar-refractivity contribution in [3.63, 3.8) is 0 Å². The molecule has 0 aromatic heterocycles. The summed E-state index contributed by atoms with van der Waals surface area (Å²) in [4.78, 5) is 0. The second-order valence-electron chi connectivity index (χ2n) is 7.19. The Labute approximate surface area is 127 Å². The molecule has 1 fully saturated rings. The molecule has 1 aromatic carbocycles. The zero-order valence-electron chi connectivity index (χ0n) is 13.5. The molecular weight excluding hydrogens is 265 g/mol.